The molecule has 0 fully saturated rings. The van der Waals surface area contributed by atoms with Crippen molar-refractivity contribution < 1.29 is 5.11 Å². The molecule has 68 valence electrons. The van der Waals surface area contributed by atoms with Gasteiger partial charge in [0.2, 0.25) is 0 Å². The van der Waals surface area contributed by atoms with Gasteiger partial charge in [0.25, 0.3) is 0 Å². The lowest BCUT2D eigenvalue weighted by Gasteiger charge is -1.83. The fourth-order valence-electron chi connectivity index (χ4n) is 0.840. The predicted molar refractivity (Wildman–Crippen MR) is 53.3 cm³/mol. The van der Waals surface area contributed by atoms with E-state index in [0.29, 0.717) is 6.54 Å². The van der Waals surface area contributed by atoms with Crippen molar-refractivity contribution in [1.82, 2.24) is 0 Å². The van der Waals surface area contributed by atoms with Gasteiger partial charge in [-0.2, -0.15) is 0 Å². The average Bonchev–Trinajstić information content (AvgIpc) is 2.60. The summed E-state index contributed by atoms with van der Waals surface area (Å²) in [6, 6.07) is 1.90. The lowest BCUT2D eigenvalue weighted by Crippen LogP contribution is -1.72. The van der Waals surface area contributed by atoms with Crippen LogP contribution in [-0.4, -0.2) is 11.7 Å². The summed E-state index contributed by atoms with van der Waals surface area (Å²) in [5, 5.41) is 14.1. The zero-order valence-corrected chi connectivity index (χ0v) is 7.74. The third-order valence-corrected chi connectivity index (χ3v) is 2.33. The van der Waals surface area contributed by atoms with Crippen LogP contribution in [0.2, 0.25) is 0 Å². The molecule has 0 saturated carbocycles. The molecular weight excluding hydrogens is 186 g/mol. The minimum atomic E-state index is 0.0782. The minimum absolute atomic E-state index is 0.0782. The number of hydrogen-bond donors (Lipinski definition) is 1. The summed E-state index contributed by atoms with van der Waals surface area (Å²) in [7, 11) is 0. The van der Waals surface area contributed by atoms with Crippen LogP contribution in [-0.2, 0) is 6.61 Å². The van der Waals surface area contributed by atoms with Crippen LogP contribution in [0.5, 0.6) is 0 Å². The summed E-state index contributed by atoms with van der Waals surface area (Å²) >= 11 is 1.51. The van der Waals surface area contributed by atoms with Gasteiger partial charge >= 0.3 is 0 Å². The first-order valence-corrected chi connectivity index (χ1v) is 4.60. The Labute approximate surface area is 79.8 Å². The second kappa shape index (κ2) is 5.37. The molecular formula is C8H9N3OS. The second-order valence-corrected chi connectivity index (χ2v) is 3.32. The third kappa shape index (κ3) is 3.29. The van der Waals surface area contributed by atoms with Crippen LogP contribution in [0.4, 0.5) is 0 Å². The number of aliphatic hydroxyl groups is 1. The Morgan fingerprint density at radius 2 is 2.54 bits per heavy atom. The number of aliphatic hydroxyl groups excluding tert-OH is 1. The molecule has 0 spiro atoms. The van der Waals surface area contributed by atoms with Gasteiger partial charge in [-0.25, -0.2) is 0 Å². The van der Waals surface area contributed by atoms with Gasteiger partial charge < -0.3 is 5.11 Å². The Hall–Kier alpha value is -1.29. The standard InChI is InChI=1S/C8H9N3OS/c9-11-10-3-1-2-7-4-8(5-12)13-6-7/h1-2,4,6,12H,3,5H2. The molecule has 1 heterocycles. The lowest BCUT2D eigenvalue weighted by atomic mass is 10.3. The van der Waals surface area contributed by atoms with E-state index in [1.54, 1.807) is 6.08 Å². The van der Waals surface area contributed by atoms with Crippen LogP contribution in [0, 0.1) is 0 Å². The zero-order chi connectivity index (χ0) is 9.52. The first-order valence-electron chi connectivity index (χ1n) is 3.72. The van der Waals surface area contributed by atoms with Crippen LogP contribution in [0.15, 0.2) is 22.6 Å². The molecule has 1 aromatic rings. The van der Waals surface area contributed by atoms with Crippen molar-refractivity contribution in [2.75, 3.05) is 6.54 Å². The highest BCUT2D eigenvalue weighted by atomic mass is 32.1. The van der Waals surface area contributed by atoms with E-state index in [1.807, 2.05) is 17.5 Å². The normalized spacial score (nSPS) is 10.2. The fourth-order valence-corrected chi connectivity index (χ4v) is 1.55. The largest absolute Gasteiger partial charge is 0.391 e. The molecule has 0 aromatic carbocycles. The maximum atomic E-state index is 8.78. The molecule has 0 radical (unpaired) electrons. The van der Waals surface area contributed by atoms with E-state index < -0.39 is 0 Å². The predicted octanol–water partition coefficient (Wildman–Crippen LogP) is 2.56. The molecule has 0 aliphatic rings. The van der Waals surface area contributed by atoms with Gasteiger partial charge in [0, 0.05) is 16.3 Å². The average molecular weight is 195 g/mol. The summed E-state index contributed by atoms with van der Waals surface area (Å²) in [4.78, 5) is 3.56. The maximum absolute atomic E-state index is 8.78. The van der Waals surface area contributed by atoms with Crippen LogP contribution in [0.1, 0.15) is 10.4 Å². The quantitative estimate of drug-likeness (QED) is 0.447. The highest BCUT2D eigenvalue weighted by molar-refractivity contribution is 7.10. The SMILES string of the molecule is [N-]=[N+]=NCC=Cc1csc(CO)c1. The van der Waals surface area contributed by atoms with Crippen LogP contribution in [0.25, 0.3) is 16.5 Å². The summed E-state index contributed by atoms with van der Waals surface area (Å²) in [5.74, 6) is 0. The molecule has 0 amide bonds. The fraction of sp³-hybridized carbons (Fsp3) is 0.250. The van der Waals surface area contributed by atoms with Gasteiger partial charge in [0.15, 0.2) is 0 Å². The Kier molecular flexibility index (Phi) is 4.05. The monoisotopic (exact) mass is 195 g/mol. The smallest absolute Gasteiger partial charge is 0.0774 e. The third-order valence-electron chi connectivity index (χ3n) is 1.39. The van der Waals surface area contributed by atoms with Crippen molar-refractivity contribution in [3.05, 3.63) is 38.4 Å². The van der Waals surface area contributed by atoms with E-state index in [2.05, 4.69) is 10.0 Å². The van der Waals surface area contributed by atoms with Gasteiger partial charge in [-0.3, -0.25) is 0 Å². The van der Waals surface area contributed by atoms with E-state index in [9.17, 15) is 0 Å². The number of azide groups is 1. The van der Waals surface area contributed by atoms with Crippen LogP contribution < -0.4 is 0 Å². The van der Waals surface area contributed by atoms with Crippen molar-refractivity contribution in [3.8, 4) is 0 Å². The molecule has 0 bridgehead atoms. The van der Waals surface area contributed by atoms with Crippen LogP contribution >= 0.6 is 11.3 Å². The minimum Gasteiger partial charge on any atom is -0.391 e. The van der Waals surface area contributed by atoms with Crippen molar-refractivity contribution in [2.45, 2.75) is 6.61 Å². The molecule has 0 aliphatic heterocycles. The zero-order valence-electron chi connectivity index (χ0n) is 6.92. The molecule has 13 heavy (non-hydrogen) atoms. The van der Waals surface area contributed by atoms with Gasteiger partial charge in [-0.05, 0) is 22.5 Å². The first kappa shape index (κ1) is 9.80. The molecule has 0 aliphatic carbocycles. The van der Waals surface area contributed by atoms with E-state index in [4.69, 9.17) is 10.6 Å². The summed E-state index contributed by atoms with van der Waals surface area (Å²) in [6.07, 6.45) is 3.65. The molecule has 4 nitrogen and oxygen atoms in total. The van der Waals surface area contributed by atoms with E-state index >= 15 is 0 Å². The molecule has 0 saturated heterocycles. The van der Waals surface area contributed by atoms with Crippen molar-refractivity contribution in [2.24, 2.45) is 5.11 Å². The number of hydrogen-bond acceptors (Lipinski definition) is 3. The molecule has 5 heteroatoms. The lowest BCUT2D eigenvalue weighted by molar-refractivity contribution is 0.285. The van der Waals surface area contributed by atoms with Gasteiger partial charge in [0.1, 0.15) is 0 Å². The van der Waals surface area contributed by atoms with Crippen molar-refractivity contribution in [1.29, 1.82) is 0 Å². The van der Waals surface area contributed by atoms with E-state index in [0.717, 1.165) is 10.4 Å². The highest BCUT2D eigenvalue weighted by Gasteiger charge is 1.93. The Morgan fingerprint density at radius 1 is 1.69 bits per heavy atom. The number of thiophene rings is 1. The maximum Gasteiger partial charge on any atom is 0.0774 e. The topological polar surface area (TPSA) is 69.0 Å². The van der Waals surface area contributed by atoms with Crippen LogP contribution in [0.3, 0.4) is 0 Å². The summed E-state index contributed by atoms with van der Waals surface area (Å²) in [5.41, 5.74) is 9.03. The Bertz CT molecular complexity index is 339. The summed E-state index contributed by atoms with van der Waals surface area (Å²) in [6.45, 7) is 0.440. The second-order valence-electron chi connectivity index (χ2n) is 2.32. The van der Waals surface area contributed by atoms with Gasteiger partial charge in [-0.15, -0.1) is 11.3 Å². The first-order chi connectivity index (χ1) is 6.36. The van der Waals surface area contributed by atoms with Crippen molar-refractivity contribution >= 4 is 17.4 Å². The molecule has 1 N–H and O–H groups in total. The molecule has 1 rings (SSSR count). The summed E-state index contributed by atoms with van der Waals surface area (Å²) < 4.78 is 0. The van der Waals surface area contributed by atoms with Gasteiger partial charge in [-0.1, -0.05) is 17.3 Å². The van der Waals surface area contributed by atoms with Crippen molar-refractivity contribution in [3.63, 3.8) is 0 Å². The molecule has 0 unspecified atom stereocenters. The van der Waals surface area contributed by atoms with E-state index in [1.165, 1.54) is 11.3 Å². The number of rotatable bonds is 4. The van der Waals surface area contributed by atoms with E-state index in [-0.39, 0.29) is 6.61 Å². The van der Waals surface area contributed by atoms with Gasteiger partial charge in [0.05, 0.1) is 6.61 Å². The Balaban J connectivity index is 2.53. The molecule has 1 aromatic heterocycles. The molecule has 0 atom stereocenters. The number of nitrogens with zero attached hydrogens (tertiary/aromatic N) is 3. The highest BCUT2D eigenvalue weighted by Crippen LogP contribution is 2.15. The Morgan fingerprint density at radius 3 is 3.15 bits per heavy atom.